The largest absolute Gasteiger partial charge is 0.481 e. The summed E-state index contributed by atoms with van der Waals surface area (Å²) >= 11 is 0. The Hall–Kier alpha value is -1.98. The Balaban J connectivity index is 3.27. The molecule has 19 heavy (non-hydrogen) atoms. The summed E-state index contributed by atoms with van der Waals surface area (Å²) in [6.45, 7) is 6.65. The van der Waals surface area contributed by atoms with Gasteiger partial charge in [-0.1, -0.05) is 6.92 Å². The number of carboxylic acids is 1. The van der Waals surface area contributed by atoms with E-state index in [0.717, 1.165) is 0 Å². The van der Waals surface area contributed by atoms with Crippen molar-refractivity contribution in [3.63, 3.8) is 0 Å². The number of pyridine rings is 1. The van der Waals surface area contributed by atoms with E-state index < -0.39 is 16.3 Å². The maximum Gasteiger partial charge on any atom is 0.309 e. The third-order valence-corrected chi connectivity index (χ3v) is 3.61. The molecule has 6 nitrogen and oxygen atoms in total. The summed E-state index contributed by atoms with van der Waals surface area (Å²) in [6, 6.07) is 0. The smallest absolute Gasteiger partial charge is 0.309 e. The van der Waals surface area contributed by atoms with Crippen LogP contribution in [-0.2, 0) is 11.2 Å². The topological polar surface area (TPSA) is 93.3 Å². The van der Waals surface area contributed by atoms with Crippen LogP contribution in [0.25, 0.3) is 0 Å². The Bertz CT molecular complexity index is 528. The Kier molecular flexibility index (Phi) is 4.24. The molecule has 1 N–H and O–H groups in total. The van der Waals surface area contributed by atoms with Gasteiger partial charge in [0.25, 0.3) is 5.69 Å². The second-order valence-electron chi connectivity index (χ2n) is 5.01. The van der Waals surface area contributed by atoms with E-state index in [9.17, 15) is 20.0 Å². The van der Waals surface area contributed by atoms with Gasteiger partial charge in [-0.3, -0.25) is 19.9 Å². The molecule has 0 aliphatic carbocycles. The van der Waals surface area contributed by atoms with E-state index in [0.29, 0.717) is 23.2 Å². The third-order valence-electron chi connectivity index (χ3n) is 3.61. The van der Waals surface area contributed by atoms with E-state index in [2.05, 4.69) is 4.98 Å². The van der Waals surface area contributed by atoms with Crippen LogP contribution >= 0.6 is 0 Å². The average Bonchev–Trinajstić information content (AvgIpc) is 2.32. The highest BCUT2D eigenvalue weighted by molar-refractivity contribution is 5.74. The van der Waals surface area contributed by atoms with Crippen molar-refractivity contribution in [1.82, 2.24) is 4.98 Å². The van der Waals surface area contributed by atoms with Crippen molar-refractivity contribution < 1.29 is 14.8 Å². The summed E-state index contributed by atoms with van der Waals surface area (Å²) in [7, 11) is 0. The quantitative estimate of drug-likeness (QED) is 0.653. The van der Waals surface area contributed by atoms with Gasteiger partial charge in [0.05, 0.1) is 16.0 Å². The van der Waals surface area contributed by atoms with Crippen molar-refractivity contribution in [2.45, 2.75) is 40.5 Å². The van der Waals surface area contributed by atoms with Gasteiger partial charge in [-0.25, -0.2) is 0 Å². The third kappa shape index (κ3) is 2.89. The van der Waals surface area contributed by atoms with Crippen LogP contribution in [0.2, 0.25) is 0 Å². The van der Waals surface area contributed by atoms with Crippen molar-refractivity contribution in [2.75, 3.05) is 0 Å². The predicted molar refractivity (Wildman–Crippen MR) is 70.1 cm³/mol. The number of aromatic nitrogens is 1. The van der Waals surface area contributed by atoms with Crippen molar-refractivity contribution in [2.24, 2.45) is 5.41 Å². The van der Waals surface area contributed by atoms with Crippen LogP contribution in [0, 0.1) is 29.4 Å². The number of aliphatic carboxylic acids is 1. The zero-order chi connectivity index (χ0) is 14.8. The normalized spacial score (nSPS) is 13.9. The van der Waals surface area contributed by atoms with Crippen molar-refractivity contribution in [3.05, 3.63) is 33.1 Å². The number of hydrogen-bond donors (Lipinski definition) is 1. The molecule has 0 spiro atoms. The molecule has 0 aromatic carbocycles. The first kappa shape index (κ1) is 15.1. The fourth-order valence-corrected chi connectivity index (χ4v) is 1.95. The molecule has 0 aliphatic rings. The first-order valence-electron chi connectivity index (χ1n) is 6.05. The second kappa shape index (κ2) is 5.34. The minimum Gasteiger partial charge on any atom is -0.481 e. The Labute approximate surface area is 111 Å². The number of carbonyl (C=O) groups is 1. The number of rotatable bonds is 5. The Morgan fingerprint density at radius 1 is 1.53 bits per heavy atom. The zero-order valence-electron chi connectivity index (χ0n) is 11.6. The lowest BCUT2D eigenvalue weighted by molar-refractivity contribution is -0.386. The molecular weight excluding hydrogens is 248 g/mol. The molecule has 104 valence electrons. The maximum atomic E-state index is 11.3. The molecule has 1 atom stereocenters. The molecular formula is C13H18N2O4. The van der Waals surface area contributed by atoms with E-state index in [1.807, 2.05) is 0 Å². The van der Waals surface area contributed by atoms with E-state index in [1.54, 1.807) is 27.7 Å². The van der Waals surface area contributed by atoms with Crippen LogP contribution in [0.3, 0.4) is 0 Å². The second-order valence-corrected chi connectivity index (χ2v) is 5.01. The average molecular weight is 266 g/mol. The highest BCUT2D eigenvalue weighted by Crippen LogP contribution is 2.31. The number of nitro groups is 1. The van der Waals surface area contributed by atoms with E-state index in [4.69, 9.17) is 0 Å². The van der Waals surface area contributed by atoms with Gasteiger partial charge >= 0.3 is 5.97 Å². The van der Waals surface area contributed by atoms with Crippen LogP contribution < -0.4 is 0 Å². The molecule has 1 heterocycles. The van der Waals surface area contributed by atoms with E-state index in [1.165, 1.54) is 6.20 Å². The summed E-state index contributed by atoms with van der Waals surface area (Å²) in [5.41, 5.74) is 0.476. The summed E-state index contributed by atoms with van der Waals surface area (Å²) in [5, 5.41) is 20.3. The fourth-order valence-electron chi connectivity index (χ4n) is 1.95. The predicted octanol–water partition coefficient (Wildman–Crippen LogP) is 2.65. The molecule has 0 saturated heterocycles. The molecule has 0 saturated carbocycles. The lowest BCUT2D eigenvalue weighted by Gasteiger charge is -2.23. The first-order valence-corrected chi connectivity index (χ1v) is 6.05. The Morgan fingerprint density at radius 3 is 2.53 bits per heavy atom. The first-order chi connectivity index (χ1) is 8.73. The fraction of sp³-hybridized carbons (Fsp3) is 0.538. The van der Waals surface area contributed by atoms with Gasteiger partial charge in [-0.2, -0.15) is 0 Å². The maximum absolute atomic E-state index is 11.3. The SMILES string of the molecule is CCC(C)(Cc1ncc(C)c([N+](=O)[O-])c1C)C(=O)O. The molecule has 0 radical (unpaired) electrons. The van der Waals surface area contributed by atoms with Crippen LogP contribution in [0.15, 0.2) is 6.20 Å². The highest BCUT2D eigenvalue weighted by Gasteiger charge is 2.33. The minimum atomic E-state index is -0.957. The molecule has 0 fully saturated rings. The van der Waals surface area contributed by atoms with Gasteiger partial charge in [-0.05, 0) is 27.2 Å². The molecule has 1 aromatic heterocycles. The van der Waals surface area contributed by atoms with Crippen LogP contribution in [0.4, 0.5) is 5.69 Å². The summed E-state index contributed by atoms with van der Waals surface area (Å²) < 4.78 is 0. The lowest BCUT2D eigenvalue weighted by atomic mass is 9.81. The zero-order valence-corrected chi connectivity index (χ0v) is 11.6. The van der Waals surface area contributed by atoms with Gasteiger partial charge in [0.15, 0.2) is 0 Å². The number of hydrogen-bond acceptors (Lipinski definition) is 4. The minimum absolute atomic E-state index is 0.0221. The molecule has 1 rings (SSSR count). The van der Waals surface area contributed by atoms with Gasteiger partial charge in [0, 0.05) is 23.7 Å². The molecule has 1 aromatic rings. The molecule has 0 amide bonds. The number of aryl methyl sites for hydroxylation is 1. The van der Waals surface area contributed by atoms with Gasteiger partial charge < -0.3 is 5.11 Å². The summed E-state index contributed by atoms with van der Waals surface area (Å²) in [4.78, 5) is 26.0. The van der Waals surface area contributed by atoms with Gasteiger partial charge in [0.1, 0.15) is 0 Å². The molecule has 6 heteroatoms. The van der Waals surface area contributed by atoms with Crippen molar-refractivity contribution in [3.8, 4) is 0 Å². The molecule has 0 aliphatic heterocycles. The van der Waals surface area contributed by atoms with E-state index >= 15 is 0 Å². The van der Waals surface area contributed by atoms with E-state index in [-0.39, 0.29) is 12.1 Å². The summed E-state index contributed by atoms with van der Waals surface area (Å²) in [6.07, 6.45) is 2.05. The Morgan fingerprint density at radius 2 is 2.11 bits per heavy atom. The number of carboxylic acid groups (broad SMARTS) is 1. The van der Waals surface area contributed by atoms with Gasteiger partial charge in [0.2, 0.25) is 0 Å². The standard InChI is InChI=1S/C13H18N2O4/c1-5-13(4,12(16)17)6-10-9(3)11(15(18)19)8(2)7-14-10/h7H,5-6H2,1-4H3,(H,16,17). The van der Waals surface area contributed by atoms with Crippen LogP contribution in [0.5, 0.6) is 0 Å². The van der Waals surface area contributed by atoms with Crippen LogP contribution in [0.1, 0.15) is 37.1 Å². The van der Waals surface area contributed by atoms with Crippen molar-refractivity contribution in [1.29, 1.82) is 0 Å². The van der Waals surface area contributed by atoms with Gasteiger partial charge in [-0.15, -0.1) is 0 Å². The number of nitrogens with zero attached hydrogens (tertiary/aromatic N) is 2. The summed E-state index contributed by atoms with van der Waals surface area (Å²) in [5.74, 6) is -0.917. The highest BCUT2D eigenvalue weighted by atomic mass is 16.6. The molecule has 1 unspecified atom stereocenters. The molecule has 0 bridgehead atoms. The van der Waals surface area contributed by atoms with Crippen molar-refractivity contribution >= 4 is 11.7 Å². The van der Waals surface area contributed by atoms with Crippen LogP contribution in [-0.4, -0.2) is 21.0 Å². The lowest BCUT2D eigenvalue weighted by Crippen LogP contribution is -2.30. The monoisotopic (exact) mass is 266 g/mol.